The average molecular weight is 701 g/mol. The molecule has 6 aromatic carbocycles. The van der Waals surface area contributed by atoms with Crippen molar-refractivity contribution in [3.05, 3.63) is 144 Å². The fourth-order valence-electron chi connectivity index (χ4n) is 4.79. The van der Waals surface area contributed by atoms with E-state index in [2.05, 4.69) is 0 Å². The van der Waals surface area contributed by atoms with Gasteiger partial charge in [0, 0.05) is 22.3 Å². The number of hydrogen-bond donors (Lipinski definition) is 0. The summed E-state index contributed by atoms with van der Waals surface area (Å²) in [6.45, 7) is 6.21. The van der Waals surface area contributed by atoms with Crippen LogP contribution in [0.25, 0.3) is 21.5 Å². The molecule has 6 rings (SSSR count). The molecule has 0 heterocycles. The SMILES string of the molecule is CC(=O)c1ccc2cc(C(C)=O)ccc2c1.COc1ccc(C(C)=O)cc1.COc1ccc(OC)cc1.COc1ccc2cc(C(C)=O)ccc2c1. The molecular weight excluding hydrogens is 656 g/mol. The molecule has 0 saturated heterocycles. The number of benzene rings is 6. The van der Waals surface area contributed by atoms with E-state index in [1.165, 1.54) is 0 Å². The van der Waals surface area contributed by atoms with Crippen LogP contribution in [0.5, 0.6) is 23.0 Å². The fourth-order valence-corrected chi connectivity index (χ4v) is 4.79. The number of Topliss-reactive ketones (excluding diaryl/α,β-unsaturated/α-hetero) is 4. The molecule has 0 atom stereocenters. The van der Waals surface area contributed by atoms with Crippen LogP contribution in [0.4, 0.5) is 0 Å². The maximum absolute atomic E-state index is 11.2. The fraction of sp³-hybridized carbons (Fsp3) is 0.182. The number of rotatable bonds is 8. The van der Waals surface area contributed by atoms with Gasteiger partial charge in [0.05, 0.1) is 28.4 Å². The minimum Gasteiger partial charge on any atom is -0.497 e. The first-order chi connectivity index (χ1) is 24.9. The van der Waals surface area contributed by atoms with E-state index < -0.39 is 0 Å². The summed E-state index contributed by atoms with van der Waals surface area (Å²) in [5.41, 5.74) is 2.85. The summed E-state index contributed by atoms with van der Waals surface area (Å²) >= 11 is 0. The Morgan fingerprint density at radius 2 is 0.538 bits per heavy atom. The number of carbonyl (C=O) groups is 4. The van der Waals surface area contributed by atoms with E-state index in [0.29, 0.717) is 16.7 Å². The first kappa shape index (κ1) is 40.2. The summed E-state index contributed by atoms with van der Waals surface area (Å²) in [5.74, 6) is 3.57. The van der Waals surface area contributed by atoms with Gasteiger partial charge in [-0.25, -0.2) is 0 Å². The summed E-state index contributed by atoms with van der Waals surface area (Å²) in [6.07, 6.45) is 0. The van der Waals surface area contributed by atoms with E-state index in [1.54, 1.807) is 92.5 Å². The lowest BCUT2D eigenvalue weighted by molar-refractivity contribution is 0.100. The molecule has 8 nitrogen and oxygen atoms in total. The largest absolute Gasteiger partial charge is 0.497 e. The number of fused-ring (bicyclic) bond motifs is 2. The van der Waals surface area contributed by atoms with Crippen molar-refractivity contribution >= 4 is 44.7 Å². The number of ether oxygens (including phenoxy) is 4. The van der Waals surface area contributed by atoms with E-state index in [0.717, 1.165) is 50.1 Å². The topological polar surface area (TPSA) is 105 Å². The van der Waals surface area contributed by atoms with Crippen LogP contribution in [0.15, 0.2) is 121 Å². The molecule has 6 aromatic rings. The molecule has 0 spiro atoms. The number of methoxy groups -OCH3 is 4. The van der Waals surface area contributed by atoms with Crippen molar-refractivity contribution in [1.29, 1.82) is 0 Å². The van der Waals surface area contributed by atoms with Crippen LogP contribution in [0.3, 0.4) is 0 Å². The van der Waals surface area contributed by atoms with Gasteiger partial charge in [0.1, 0.15) is 23.0 Å². The van der Waals surface area contributed by atoms with Crippen molar-refractivity contribution in [2.45, 2.75) is 27.7 Å². The molecule has 0 fully saturated rings. The average Bonchev–Trinajstić information content (AvgIpc) is 3.17. The van der Waals surface area contributed by atoms with Crippen LogP contribution in [0, 0.1) is 0 Å². The number of hydrogen-bond acceptors (Lipinski definition) is 8. The highest BCUT2D eigenvalue weighted by Gasteiger charge is 2.04. The molecule has 0 aliphatic heterocycles. The molecule has 0 amide bonds. The van der Waals surface area contributed by atoms with Gasteiger partial charge in [-0.15, -0.1) is 0 Å². The summed E-state index contributed by atoms with van der Waals surface area (Å²) in [5, 5.41) is 4.11. The number of carbonyl (C=O) groups excluding carboxylic acids is 4. The van der Waals surface area contributed by atoms with Gasteiger partial charge < -0.3 is 18.9 Å². The van der Waals surface area contributed by atoms with Gasteiger partial charge in [-0.05, 0) is 128 Å². The molecule has 0 radical (unpaired) electrons. The third-order valence-electron chi connectivity index (χ3n) is 7.90. The van der Waals surface area contributed by atoms with Crippen molar-refractivity contribution in [1.82, 2.24) is 0 Å². The van der Waals surface area contributed by atoms with Crippen LogP contribution in [0.1, 0.15) is 69.1 Å². The number of ketones is 4. The first-order valence-electron chi connectivity index (χ1n) is 16.4. The van der Waals surface area contributed by atoms with Crippen LogP contribution in [-0.2, 0) is 0 Å². The second-order valence-corrected chi connectivity index (χ2v) is 11.5. The Bertz CT molecular complexity index is 2060. The lowest BCUT2D eigenvalue weighted by atomic mass is 10.0. The quantitative estimate of drug-likeness (QED) is 0.145. The van der Waals surface area contributed by atoms with Crippen molar-refractivity contribution in [2.75, 3.05) is 28.4 Å². The maximum Gasteiger partial charge on any atom is 0.159 e. The smallest absolute Gasteiger partial charge is 0.159 e. The second-order valence-electron chi connectivity index (χ2n) is 11.5. The molecule has 0 aliphatic carbocycles. The molecule has 52 heavy (non-hydrogen) atoms. The molecule has 0 N–H and O–H groups in total. The Morgan fingerprint density at radius 1 is 0.308 bits per heavy atom. The predicted octanol–water partition coefficient (Wildman–Crippen LogP) is 9.90. The van der Waals surface area contributed by atoms with Crippen LogP contribution in [0.2, 0.25) is 0 Å². The Balaban J connectivity index is 0.000000190. The second kappa shape index (κ2) is 19.8. The molecule has 0 saturated carbocycles. The minimum atomic E-state index is 0.0533. The zero-order valence-electron chi connectivity index (χ0n) is 30.8. The van der Waals surface area contributed by atoms with Gasteiger partial charge in [-0.3, -0.25) is 19.2 Å². The van der Waals surface area contributed by atoms with Gasteiger partial charge >= 0.3 is 0 Å². The summed E-state index contributed by atoms with van der Waals surface area (Å²) < 4.78 is 20.0. The highest BCUT2D eigenvalue weighted by atomic mass is 16.5. The van der Waals surface area contributed by atoms with Crippen LogP contribution >= 0.6 is 0 Å². The molecular formula is C44H44O8. The van der Waals surface area contributed by atoms with Gasteiger partial charge in [-0.1, -0.05) is 42.5 Å². The monoisotopic (exact) mass is 700 g/mol. The lowest BCUT2D eigenvalue weighted by Crippen LogP contribution is -1.93. The van der Waals surface area contributed by atoms with E-state index >= 15 is 0 Å². The van der Waals surface area contributed by atoms with Gasteiger partial charge in [0.25, 0.3) is 0 Å². The van der Waals surface area contributed by atoms with Crippen molar-refractivity contribution in [3.63, 3.8) is 0 Å². The Hall–Kier alpha value is -6.28. The molecule has 0 unspecified atom stereocenters. The van der Waals surface area contributed by atoms with E-state index in [4.69, 9.17) is 18.9 Å². The molecule has 0 aromatic heterocycles. The molecule has 8 heteroatoms. The molecule has 0 bridgehead atoms. The van der Waals surface area contributed by atoms with Gasteiger partial charge in [-0.2, -0.15) is 0 Å². The highest BCUT2D eigenvalue weighted by molar-refractivity contribution is 6.02. The van der Waals surface area contributed by atoms with Gasteiger partial charge in [0.15, 0.2) is 23.1 Å². The Labute approximate surface area is 304 Å². The summed E-state index contributed by atoms with van der Waals surface area (Å²) in [4.78, 5) is 44.4. The Morgan fingerprint density at radius 3 is 0.827 bits per heavy atom. The lowest BCUT2D eigenvalue weighted by Gasteiger charge is -2.03. The predicted molar refractivity (Wildman–Crippen MR) is 207 cm³/mol. The standard InChI is InChI=1S/C14H12O2.C13H12O2.C9H10O2.C8H10O2/c1-9(15)11-3-5-14-8-12(10(2)16)4-6-13(14)7-11;1-9(14)10-3-4-12-8-13(15-2)6-5-11(12)7-10;1-7(10)8-3-5-9(11-2)6-4-8;1-9-7-3-5-8(10-2)6-4-7/h3-8H,1-2H3;3-8H,1-2H3;3-6H,1-2H3;3-6H,1-2H3. The van der Waals surface area contributed by atoms with E-state index in [-0.39, 0.29) is 23.1 Å². The summed E-state index contributed by atoms with van der Waals surface area (Å²) in [7, 11) is 6.53. The van der Waals surface area contributed by atoms with Crippen LogP contribution in [-0.4, -0.2) is 51.6 Å². The highest BCUT2D eigenvalue weighted by Crippen LogP contribution is 2.22. The molecule has 268 valence electrons. The van der Waals surface area contributed by atoms with Crippen LogP contribution < -0.4 is 18.9 Å². The summed E-state index contributed by atoms with van der Waals surface area (Å²) in [6, 6.07) is 37.0. The van der Waals surface area contributed by atoms with Crippen molar-refractivity contribution in [2.24, 2.45) is 0 Å². The maximum atomic E-state index is 11.2. The Kier molecular flexibility index (Phi) is 15.3. The van der Waals surface area contributed by atoms with E-state index in [9.17, 15) is 19.2 Å². The molecule has 0 aliphatic rings. The first-order valence-corrected chi connectivity index (χ1v) is 16.4. The minimum absolute atomic E-state index is 0.0533. The zero-order valence-corrected chi connectivity index (χ0v) is 30.8. The van der Waals surface area contributed by atoms with Crippen molar-refractivity contribution in [3.8, 4) is 23.0 Å². The third-order valence-corrected chi connectivity index (χ3v) is 7.90. The van der Waals surface area contributed by atoms with Gasteiger partial charge in [0.2, 0.25) is 0 Å². The van der Waals surface area contributed by atoms with E-state index in [1.807, 2.05) is 84.9 Å². The normalized spacial score (nSPS) is 9.85. The van der Waals surface area contributed by atoms with Crippen molar-refractivity contribution < 1.29 is 38.1 Å². The third kappa shape index (κ3) is 11.9. The zero-order chi connectivity index (χ0) is 38.2.